The molecule has 0 atom stereocenters. The average molecular weight is 421 g/mol. The fraction of sp³-hybridized carbons (Fsp3) is 0.250. The maximum atomic E-state index is 12.1. The molecule has 0 saturated heterocycles. The van der Waals surface area contributed by atoms with Crippen molar-refractivity contribution in [1.82, 2.24) is 5.43 Å². The standard InChI is InChI=1S/C20H21ClN2O6/c1-4-28-15-7-5-14(6-8-15)20(25)23-22-11-13-9-16(21)19(17(10-13)26-2)29-12-18(24)27-3/h5-11H,4,12H2,1-3H3,(H,23,25)/b22-11+. The Morgan fingerprint density at radius 2 is 1.86 bits per heavy atom. The number of nitrogens with one attached hydrogen (secondary N) is 1. The summed E-state index contributed by atoms with van der Waals surface area (Å²) in [4.78, 5) is 23.4. The lowest BCUT2D eigenvalue weighted by Gasteiger charge is -2.12. The Morgan fingerprint density at radius 1 is 1.14 bits per heavy atom. The van der Waals surface area contributed by atoms with Gasteiger partial charge in [-0.15, -0.1) is 0 Å². The number of benzene rings is 2. The number of hydrogen-bond donors (Lipinski definition) is 1. The highest BCUT2D eigenvalue weighted by Crippen LogP contribution is 2.36. The Labute approximate surface area is 173 Å². The van der Waals surface area contributed by atoms with Crippen molar-refractivity contribution in [2.45, 2.75) is 6.92 Å². The van der Waals surface area contributed by atoms with Crippen molar-refractivity contribution >= 4 is 29.7 Å². The summed E-state index contributed by atoms with van der Waals surface area (Å²) in [7, 11) is 2.69. The summed E-state index contributed by atoms with van der Waals surface area (Å²) < 4.78 is 20.4. The zero-order valence-electron chi connectivity index (χ0n) is 16.2. The zero-order valence-corrected chi connectivity index (χ0v) is 17.0. The molecule has 9 heteroatoms. The van der Waals surface area contributed by atoms with Crippen molar-refractivity contribution < 1.29 is 28.5 Å². The lowest BCUT2D eigenvalue weighted by atomic mass is 10.2. The Bertz CT molecular complexity index is 883. The van der Waals surface area contributed by atoms with Gasteiger partial charge in [-0.1, -0.05) is 11.6 Å². The van der Waals surface area contributed by atoms with E-state index in [4.69, 9.17) is 25.8 Å². The van der Waals surface area contributed by atoms with Crippen LogP contribution in [-0.4, -0.2) is 45.5 Å². The SMILES string of the molecule is CCOc1ccc(C(=O)N/N=C/c2cc(Cl)c(OCC(=O)OC)c(OC)c2)cc1. The molecule has 0 saturated carbocycles. The molecule has 2 aromatic rings. The summed E-state index contributed by atoms with van der Waals surface area (Å²) in [5, 5.41) is 4.14. The van der Waals surface area contributed by atoms with E-state index in [1.807, 2.05) is 6.92 Å². The van der Waals surface area contributed by atoms with E-state index in [-0.39, 0.29) is 23.3 Å². The first-order chi connectivity index (χ1) is 14.0. The Balaban J connectivity index is 2.04. The highest BCUT2D eigenvalue weighted by Gasteiger charge is 2.13. The van der Waals surface area contributed by atoms with Gasteiger partial charge in [0.15, 0.2) is 18.1 Å². The first kappa shape index (κ1) is 22.0. The summed E-state index contributed by atoms with van der Waals surface area (Å²) in [5.41, 5.74) is 3.43. The van der Waals surface area contributed by atoms with Crippen LogP contribution in [0.15, 0.2) is 41.5 Å². The number of carbonyl (C=O) groups is 2. The molecule has 0 aliphatic heterocycles. The molecule has 0 spiro atoms. The quantitative estimate of drug-likeness (QED) is 0.380. The van der Waals surface area contributed by atoms with Gasteiger partial charge in [-0.3, -0.25) is 4.79 Å². The number of esters is 1. The smallest absolute Gasteiger partial charge is 0.343 e. The third kappa shape index (κ3) is 6.39. The van der Waals surface area contributed by atoms with Gasteiger partial charge in [0.1, 0.15) is 5.75 Å². The van der Waals surface area contributed by atoms with Crippen LogP contribution >= 0.6 is 11.6 Å². The van der Waals surface area contributed by atoms with Gasteiger partial charge in [0, 0.05) is 5.56 Å². The molecule has 1 amide bonds. The molecule has 0 unspecified atom stereocenters. The first-order valence-electron chi connectivity index (χ1n) is 8.61. The second-order valence-corrected chi connectivity index (χ2v) is 5.96. The maximum absolute atomic E-state index is 12.1. The second-order valence-electron chi connectivity index (χ2n) is 5.56. The Morgan fingerprint density at radius 3 is 2.48 bits per heavy atom. The van der Waals surface area contributed by atoms with E-state index in [1.54, 1.807) is 36.4 Å². The molecule has 0 radical (unpaired) electrons. The fourth-order valence-corrected chi connectivity index (χ4v) is 2.52. The summed E-state index contributed by atoms with van der Waals surface area (Å²) in [6.45, 7) is 2.13. The number of rotatable bonds is 9. The number of hydrazone groups is 1. The van der Waals surface area contributed by atoms with Gasteiger partial charge < -0.3 is 18.9 Å². The Hall–Kier alpha value is -3.26. The number of nitrogens with zero attached hydrogens (tertiary/aromatic N) is 1. The third-order valence-corrected chi connectivity index (χ3v) is 3.90. The fourth-order valence-electron chi connectivity index (χ4n) is 2.24. The number of hydrogen-bond acceptors (Lipinski definition) is 7. The topological polar surface area (TPSA) is 95.5 Å². The summed E-state index contributed by atoms with van der Waals surface area (Å²) in [6, 6.07) is 9.86. The maximum Gasteiger partial charge on any atom is 0.343 e. The molecule has 0 fully saturated rings. The van der Waals surface area contributed by atoms with Gasteiger partial charge in [0.2, 0.25) is 0 Å². The van der Waals surface area contributed by atoms with Crippen molar-refractivity contribution in [2.75, 3.05) is 27.4 Å². The molecule has 2 rings (SSSR count). The molecule has 0 bridgehead atoms. The van der Waals surface area contributed by atoms with Crippen LogP contribution in [0, 0.1) is 0 Å². The minimum atomic E-state index is -0.550. The van der Waals surface area contributed by atoms with Crippen LogP contribution in [0.3, 0.4) is 0 Å². The van der Waals surface area contributed by atoms with Crippen LogP contribution in [0.1, 0.15) is 22.8 Å². The van der Waals surface area contributed by atoms with Crippen LogP contribution < -0.4 is 19.6 Å². The monoisotopic (exact) mass is 420 g/mol. The number of amides is 1. The van der Waals surface area contributed by atoms with E-state index in [0.717, 1.165) is 0 Å². The first-order valence-corrected chi connectivity index (χ1v) is 8.99. The normalized spacial score (nSPS) is 10.5. The van der Waals surface area contributed by atoms with Crippen LogP contribution in [0.2, 0.25) is 5.02 Å². The van der Waals surface area contributed by atoms with E-state index in [0.29, 0.717) is 29.2 Å². The summed E-state index contributed by atoms with van der Waals surface area (Å²) >= 11 is 6.20. The molecule has 0 aliphatic rings. The number of ether oxygens (including phenoxy) is 4. The van der Waals surface area contributed by atoms with E-state index in [9.17, 15) is 9.59 Å². The van der Waals surface area contributed by atoms with Crippen LogP contribution in [-0.2, 0) is 9.53 Å². The van der Waals surface area contributed by atoms with Crippen molar-refractivity contribution in [3.8, 4) is 17.2 Å². The molecular formula is C20H21ClN2O6. The van der Waals surface area contributed by atoms with E-state index >= 15 is 0 Å². The summed E-state index contributed by atoms with van der Waals surface area (Å²) in [6.07, 6.45) is 1.41. The highest BCUT2D eigenvalue weighted by atomic mass is 35.5. The zero-order chi connectivity index (χ0) is 21.2. The second kappa shape index (κ2) is 10.9. The van der Waals surface area contributed by atoms with E-state index in [1.165, 1.54) is 20.4 Å². The molecule has 29 heavy (non-hydrogen) atoms. The van der Waals surface area contributed by atoms with Gasteiger partial charge in [0.05, 0.1) is 32.1 Å². The van der Waals surface area contributed by atoms with Crippen molar-refractivity contribution in [3.05, 3.63) is 52.5 Å². The molecule has 0 aliphatic carbocycles. The van der Waals surface area contributed by atoms with Gasteiger partial charge >= 0.3 is 5.97 Å². The van der Waals surface area contributed by atoms with Crippen LogP contribution in [0.5, 0.6) is 17.2 Å². The third-order valence-electron chi connectivity index (χ3n) is 3.62. The van der Waals surface area contributed by atoms with Crippen LogP contribution in [0.4, 0.5) is 0 Å². The predicted octanol–water partition coefficient (Wildman–Crippen LogP) is 3.06. The minimum Gasteiger partial charge on any atom is -0.494 e. The molecular weight excluding hydrogens is 400 g/mol. The van der Waals surface area contributed by atoms with Gasteiger partial charge in [-0.2, -0.15) is 5.10 Å². The highest BCUT2D eigenvalue weighted by molar-refractivity contribution is 6.32. The van der Waals surface area contributed by atoms with E-state index in [2.05, 4.69) is 15.3 Å². The molecule has 1 N–H and O–H groups in total. The van der Waals surface area contributed by atoms with Crippen molar-refractivity contribution in [2.24, 2.45) is 5.10 Å². The van der Waals surface area contributed by atoms with Crippen LogP contribution in [0.25, 0.3) is 0 Å². The lowest BCUT2D eigenvalue weighted by molar-refractivity contribution is -0.142. The Kier molecular flexibility index (Phi) is 8.29. The minimum absolute atomic E-state index is 0.204. The van der Waals surface area contributed by atoms with E-state index < -0.39 is 5.97 Å². The van der Waals surface area contributed by atoms with Gasteiger partial charge in [-0.05, 0) is 48.9 Å². The number of carbonyl (C=O) groups excluding carboxylic acids is 2. The lowest BCUT2D eigenvalue weighted by Crippen LogP contribution is -2.17. The van der Waals surface area contributed by atoms with Crippen molar-refractivity contribution in [3.63, 3.8) is 0 Å². The van der Waals surface area contributed by atoms with Gasteiger partial charge in [0.25, 0.3) is 5.91 Å². The molecule has 154 valence electrons. The molecule has 0 aromatic heterocycles. The van der Waals surface area contributed by atoms with Crippen molar-refractivity contribution in [1.29, 1.82) is 0 Å². The molecule has 0 heterocycles. The predicted molar refractivity (Wildman–Crippen MR) is 108 cm³/mol. The number of methoxy groups -OCH3 is 2. The average Bonchev–Trinajstić information content (AvgIpc) is 2.73. The largest absolute Gasteiger partial charge is 0.494 e. The summed E-state index contributed by atoms with van der Waals surface area (Å²) in [5.74, 6) is 0.269. The van der Waals surface area contributed by atoms with Gasteiger partial charge in [-0.25, -0.2) is 10.2 Å². The molecule has 8 nitrogen and oxygen atoms in total. The number of halogens is 1. The molecule has 2 aromatic carbocycles.